The molecule has 0 bridgehead atoms. The minimum absolute atomic E-state index is 0.0368. The fourth-order valence-electron chi connectivity index (χ4n) is 3.95. The van der Waals surface area contributed by atoms with Gasteiger partial charge >= 0.3 is 0 Å². The van der Waals surface area contributed by atoms with E-state index in [4.69, 9.17) is 5.10 Å². The predicted octanol–water partition coefficient (Wildman–Crippen LogP) is 3.69. The Labute approximate surface area is 188 Å². The van der Waals surface area contributed by atoms with E-state index in [1.165, 1.54) is 5.56 Å². The molecule has 1 aliphatic heterocycles. The van der Waals surface area contributed by atoms with Crippen molar-refractivity contribution in [2.75, 3.05) is 26.2 Å². The van der Waals surface area contributed by atoms with Crippen molar-refractivity contribution >= 4 is 17.9 Å². The largest absolute Gasteiger partial charge is 0.341 e. The Balaban J connectivity index is 1.54. The lowest BCUT2D eigenvalue weighted by atomic mass is 10.1. The second-order valence-corrected chi connectivity index (χ2v) is 8.00. The van der Waals surface area contributed by atoms with Crippen LogP contribution >= 0.6 is 0 Å². The molecule has 1 aliphatic rings. The molecule has 0 N–H and O–H groups in total. The molecule has 1 aromatic heterocycles. The lowest BCUT2D eigenvalue weighted by molar-refractivity contribution is -0.130. The van der Waals surface area contributed by atoms with Crippen molar-refractivity contribution in [1.29, 1.82) is 0 Å². The van der Waals surface area contributed by atoms with Gasteiger partial charge in [0.25, 0.3) is 0 Å². The van der Waals surface area contributed by atoms with E-state index in [2.05, 4.69) is 12.1 Å². The number of carbonyl (C=O) groups excluding carboxylic acids is 2. The minimum Gasteiger partial charge on any atom is -0.341 e. The van der Waals surface area contributed by atoms with Crippen molar-refractivity contribution < 1.29 is 9.59 Å². The Morgan fingerprint density at radius 3 is 2.28 bits per heavy atom. The Morgan fingerprint density at radius 1 is 0.906 bits per heavy atom. The first-order chi connectivity index (χ1) is 15.6. The average molecular weight is 429 g/mol. The van der Waals surface area contributed by atoms with E-state index in [0.717, 1.165) is 23.2 Å². The van der Waals surface area contributed by atoms with Crippen molar-refractivity contribution in [2.24, 2.45) is 0 Å². The highest BCUT2D eigenvalue weighted by atomic mass is 16.2. The van der Waals surface area contributed by atoms with E-state index in [9.17, 15) is 9.59 Å². The summed E-state index contributed by atoms with van der Waals surface area (Å²) in [6.07, 6.45) is 6.26. The molecule has 0 radical (unpaired) electrons. The molecular formula is C26H28N4O2. The summed E-state index contributed by atoms with van der Waals surface area (Å²) in [6.45, 7) is 4.74. The van der Waals surface area contributed by atoms with Crippen LogP contribution in [0.5, 0.6) is 0 Å². The summed E-state index contributed by atoms with van der Waals surface area (Å²) >= 11 is 0. The van der Waals surface area contributed by atoms with Gasteiger partial charge in [0, 0.05) is 56.5 Å². The summed E-state index contributed by atoms with van der Waals surface area (Å²) in [7, 11) is 0. The zero-order valence-electron chi connectivity index (χ0n) is 18.4. The third-order valence-corrected chi connectivity index (χ3v) is 5.68. The SMILES string of the molecule is CC(=O)N1CCCN(C(=O)/C=C/c2cn(Cc3ccccc3)nc2-c2ccccc2)CC1. The number of rotatable bonds is 5. The van der Waals surface area contributed by atoms with Crippen LogP contribution in [0.1, 0.15) is 24.5 Å². The Morgan fingerprint density at radius 2 is 1.56 bits per heavy atom. The van der Waals surface area contributed by atoms with E-state index in [1.807, 2.05) is 70.4 Å². The summed E-state index contributed by atoms with van der Waals surface area (Å²) in [4.78, 5) is 28.1. The molecule has 2 heterocycles. The first-order valence-electron chi connectivity index (χ1n) is 11.0. The first kappa shape index (κ1) is 21.6. The quantitative estimate of drug-likeness (QED) is 0.583. The molecule has 1 saturated heterocycles. The third-order valence-electron chi connectivity index (χ3n) is 5.68. The number of amides is 2. The molecule has 6 heteroatoms. The van der Waals surface area contributed by atoms with Gasteiger partial charge in [-0.3, -0.25) is 14.3 Å². The number of nitrogens with zero attached hydrogens (tertiary/aromatic N) is 4. The fraction of sp³-hybridized carbons (Fsp3) is 0.269. The first-order valence-corrected chi connectivity index (χ1v) is 11.0. The van der Waals surface area contributed by atoms with Gasteiger partial charge in [0.05, 0.1) is 12.2 Å². The number of aromatic nitrogens is 2. The summed E-state index contributed by atoms with van der Waals surface area (Å²) in [5, 5.41) is 4.81. The standard InChI is InChI=1S/C26H28N4O2/c1-21(31)28-15-8-16-29(18-17-28)25(32)14-13-24-20-30(19-22-9-4-2-5-10-22)27-26(24)23-11-6-3-7-12-23/h2-7,9-14,20H,8,15-19H2,1H3/b14-13+. The van der Waals surface area contributed by atoms with Gasteiger partial charge in [-0.05, 0) is 18.1 Å². The zero-order chi connectivity index (χ0) is 22.3. The Bertz CT molecular complexity index is 1090. The van der Waals surface area contributed by atoms with Gasteiger partial charge in [-0.2, -0.15) is 5.10 Å². The van der Waals surface area contributed by atoms with Crippen molar-refractivity contribution in [1.82, 2.24) is 19.6 Å². The van der Waals surface area contributed by atoms with Crippen molar-refractivity contribution in [3.63, 3.8) is 0 Å². The van der Waals surface area contributed by atoms with Gasteiger partial charge in [0.2, 0.25) is 11.8 Å². The topological polar surface area (TPSA) is 58.4 Å². The maximum atomic E-state index is 12.9. The number of hydrogen-bond acceptors (Lipinski definition) is 3. The molecule has 1 fully saturated rings. The maximum absolute atomic E-state index is 12.9. The third kappa shape index (κ3) is 5.32. The zero-order valence-corrected chi connectivity index (χ0v) is 18.4. The van der Waals surface area contributed by atoms with Crippen LogP contribution in [0.15, 0.2) is 72.9 Å². The highest BCUT2D eigenvalue weighted by molar-refractivity contribution is 5.93. The van der Waals surface area contributed by atoms with E-state index in [-0.39, 0.29) is 11.8 Å². The van der Waals surface area contributed by atoms with Crippen molar-refractivity contribution in [3.05, 3.63) is 84.1 Å². The van der Waals surface area contributed by atoms with Crippen LogP contribution < -0.4 is 0 Å². The highest BCUT2D eigenvalue weighted by Gasteiger charge is 2.19. The smallest absolute Gasteiger partial charge is 0.246 e. The maximum Gasteiger partial charge on any atom is 0.246 e. The normalized spacial score (nSPS) is 14.5. The number of benzene rings is 2. The predicted molar refractivity (Wildman–Crippen MR) is 126 cm³/mol. The average Bonchev–Trinajstić information content (AvgIpc) is 3.04. The molecule has 0 spiro atoms. The molecule has 6 nitrogen and oxygen atoms in total. The molecule has 2 aromatic carbocycles. The molecular weight excluding hydrogens is 400 g/mol. The van der Waals surface area contributed by atoms with E-state index in [0.29, 0.717) is 32.7 Å². The van der Waals surface area contributed by atoms with Gasteiger partial charge in [-0.1, -0.05) is 60.7 Å². The van der Waals surface area contributed by atoms with Crippen LogP contribution in [0.2, 0.25) is 0 Å². The number of carbonyl (C=O) groups is 2. The van der Waals surface area contributed by atoms with Gasteiger partial charge < -0.3 is 9.80 Å². The van der Waals surface area contributed by atoms with E-state index >= 15 is 0 Å². The molecule has 0 unspecified atom stereocenters. The van der Waals surface area contributed by atoms with E-state index in [1.54, 1.807) is 17.9 Å². The van der Waals surface area contributed by atoms with Gasteiger partial charge in [0.15, 0.2) is 0 Å². The lowest BCUT2D eigenvalue weighted by Gasteiger charge is -2.20. The molecule has 164 valence electrons. The lowest BCUT2D eigenvalue weighted by Crippen LogP contribution is -2.35. The second-order valence-electron chi connectivity index (χ2n) is 8.00. The highest BCUT2D eigenvalue weighted by Crippen LogP contribution is 2.23. The minimum atomic E-state index is -0.0368. The van der Waals surface area contributed by atoms with Crippen LogP contribution in [-0.4, -0.2) is 57.6 Å². The van der Waals surface area contributed by atoms with Crippen molar-refractivity contribution in [3.8, 4) is 11.3 Å². The fourth-order valence-corrected chi connectivity index (χ4v) is 3.95. The Kier molecular flexibility index (Phi) is 6.80. The van der Waals surface area contributed by atoms with Crippen LogP contribution in [0.25, 0.3) is 17.3 Å². The summed E-state index contributed by atoms with van der Waals surface area (Å²) < 4.78 is 1.92. The van der Waals surface area contributed by atoms with Crippen LogP contribution in [-0.2, 0) is 16.1 Å². The van der Waals surface area contributed by atoms with Crippen LogP contribution in [0.3, 0.4) is 0 Å². The molecule has 4 rings (SSSR count). The number of hydrogen-bond donors (Lipinski definition) is 0. The molecule has 32 heavy (non-hydrogen) atoms. The summed E-state index contributed by atoms with van der Waals surface area (Å²) in [6, 6.07) is 20.2. The molecule has 0 aliphatic carbocycles. The summed E-state index contributed by atoms with van der Waals surface area (Å²) in [5.74, 6) is 0.0263. The summed E-state index contributed by atoms with van der Waals surface area (Å²) in [5.41, 5.74) is 3.93. The van der Waals surface area contributed by atoms with Crippen molar-refractivity contribution in [2.45, 2.75) is 19.9 Å². The van der Waals surface area contributed by atoms with E-state index < -0.39 is 0 Å². The molecule has 0 saturated carbocycles. The van der Waals surface area contributed by atoms with Crippen LogP contribution in [0, 0.1) is 0 Å². The van der Waals surface area contributed by atoms with Gasteiger partial charge in [-0.25, -0.2) is 0 Å². The second kappa shape index (κ2) is 10.1. The molecule has 3 aromatic rings. The van der Waals surface area contributed by atoms with Crippen LogP contribution in [0.4, 0.5) is 0 Å². The van der Waals surface area contributed by atoms with Gasteiger partial charge in [0.1, 0.15) is 0 Å². The van der Waals surface area contributed by atoms with Gasteiger partial charge in [-0.15, -0.1) is 0 Å². The Hall–Kier alpha value is -3.67. The monoisotopic (exact) mass is 428 g/mol. The molecule has 2 amide bonds. The molecule has 0 atom stereocenters.